The molecule has 0 aromatic heterocycles. The third kappa shape index (κ3) is 10.5. The number of halogens is 1. The summed E-state index contributed by atoms with van der Waals surface area (Å²) < 4.78 is 28.3. The molecular weight excluding hydrogens is 525 g/mol. The van der Waals surface area contributed by atoms with E-state index in [1.54, 1.807) is 19.2 Å². The van der Waals surface area contributed by atoms with Gasteiger partial charge in [-0.2, -0.15) is 0 Å². The van der Waals surface area contributed by atoms with Crippen LogP contribution in [-0.4, -0.2) is 58.0 Å². The van der Waals surface area contributed by atoms with Crippen LogP contribution in [0.1, 0.15) is 58.4 Å². The molecule has 3 N–H and O–H groups in total. The molecule has 0 saturated carbocycles. The molecule has 0 atom stereocenters. The molecule has 1 aliphatic heterocycles. The van der Waals surface area contributed by atoms with E-state index in [2.05, 4.69) is 25.2 Å². The number of aliphatic imine (C=N–C) groups is 1. The molecule has 31 heavy (non-hydrogen) atoms. The zero-order valence-electron chi connectivity index (χ0n) is 19.4. The molecule has 1 aromatic carbocycles. The van der Waals surface area contributed by atoms with Gasteiger partial charge in [0.2, 0.25) is 10.0 Å². The predicted molar refractivity (Wildman–Crippen MR) is 140 cm³/mol. The second-order valence-corrected chi connectivity index (χ2v) is 10.6. The summed E-state index contributed by atoms with van der Waals surface area (Å²) in [6.45, 7) is 10.2. The third-order valence-electron chi connectivity index (χ3n) is 5.01. The first-order valence-corrected chi connectivity index (χ1v) is 12.5. The summed E-state index contributed by atoms with van der Waals surface area (Å²) in [6, 6.07) is 7.07. The molecule has 1 fully saturated rings. The molecule has 178 valence electrons. The van der Waals surface area contributed by atoms with E-state index < -0.39 is 15.6 Å². The van der Waals surface area contributed by atoms with Crippen LogP contribution >= 0.6 is 24.0 Å². The average Bonchev–Trinajstić information content (AvgIpc) is 2.94. The predicted octanol–water partition coefficient (Wildman–Crippen LogP) is 3.31. The van der Waals surface area contributed by atoms with Crippen molar-refractivity contribution >= 4 is 40.0 Å². The van der Waals surface area contributed by atoms with Crippen LogP contribution in [-0.2, 0) is 16.6 Å². The van der Waals surface area contributed by atoms with Gasteiger partial charge in [-0.3, -0.25) is 4.99 Å². The topological polar surface area (TPSA) is 85.8 Å². The highest BCUT2D eigenvalue weighted by Crippen LogP contribution is 2.17. The molecule has 0 radical (unpaired) electrons. The summed E-state index contributed by atoms with van der Waals surface area (Å²) in [6.07, 6.45) is 6.38. The quantitative estimate of drug-likeness (QED) is 0.195. The number of hydrogen-bond acceptors (Lipinski definition) is 4. The fourth-order valence-electron chi connectivity index (χ4n) is 3.64. The van der Waals surface area contributed by atoms with Gasteiger partial charge in [-0.15, -0.1) is 24.0 Å². The minimum Gasteiger partial charge on any atom is -0.356 e. The molecule has 0 spiro atoms. The summed E-state index contributed by atoms with van der Waals surface area (Å²) in [5.74, 6) is 0.682. The van der Waals surface area contributed by atoms with Crippen molar-refractivity contribution < 1.29 is 8.42 Å². The molecule has 1 aliphatic rings. The Morgan fingerprint density at radius 1 is 1.06 bits per heavy atom. The maximum absolute atomic E-state index is 12.8. The maximum Gasteiger partial charge on any atom is 0.241 e. The van der Waals surface area contributed by atoms with E-state index in [4.69, 9.17) is 0 Å². The van der Waals surface area contributed by atoms with Crippen LogP contribution in [0.4, 0.5) is 0 Å². The zero-order chi connectivity index (χ0) is 22.0. The number of benzene rings is 1. The number of hydrogen-bond donors (Lipinski definition) is 3. The highest BCUT2D eigenvalue weighted by Gasteiger charge is 2.24. The molecular formula is C22H40IN5O2S. The molecule has 0 unspecified atom stereocenters. The van der Waals surface area contributed by atoms with Crippen molar-refractivity contribution in [3.05, 3.63) is 29.8 Å². The van der Waals surface area contributed by atoms with E-state index in [-0.39, 0.29) is 24.0 Å². The molecule has 0 bridgehead atoms. The van der Waals surface area contributed by atoms with Crippen molar-refractivity contribution in [1.82, 2.24) is 20.3 Å². The second-order valence-electron chi connectivity index (χ2n) is 8.93. The van der Waals surface area contributed by atoms with Gasteiger partial charge < -0.3 is 15.5 Å². The summed E-state index contributed by atoms with van der Waals surface area (Å²) in [5.41, 5.74) is 0.173. The highest BCUT2D eigenvalue weighted by molar-refractivity contribution is 14.0. The molecule has 9 heteroatoms. The fraction of sp³-hybridized carbons (Fsp3) is 0.682. The molecule has 0 amide bonds. The number of guanidine groups is 1. The smallest absolute Gasteiger partial charge is 0.241 e. The van der Waals surface area contributed by atoms with Gasteiger partial charge in [0, 0.05) is 25.7 Å². The first kappa shape index (κ1) is 28.1. The van der Waals surface area contributed by atoms with Gasteiger partial charge in [-0.25, -0.2) is 13.1 Å². The Morgan fingerprint density at radius 2 is 1.71 bits per heavy atom. The lowest BCUT2D eigenvalue weighted by molar-refractivity contribution is 0.282. The van der Waals surface area contributed by atoms with Gasteiger partial charge in [0.15, 0.2) is 5.96 Å². The van der Waals surface area contributed by atoms with Crippen molar-refractivity contribution in [2.24, 2.45) is 4.99 Å². The van der Waals surface area contributed by atoms with E-state index in [1.807, 2.05) is 32.9 Å². The number of nitrogens with one attached hydrogen (secondary N) is 3. The van der Waals surface area contributed by atoms with Gasteiger partial charge in [-0.1, -0.05) is 31.0 Å². The molecule has 1 heterocycles. The Hall–Kier alpha value is -0.910. The molecule has 7 nitrogen and oxygen atoms in total. The molecule has 1 aromatic rings. The fourth-order valence-corrected chi connectivity index (χ4v) is 5.30. The van der Waals surface area contributed by atoms with Crippen LogP contribution in [0.5, 0.6) is 0 Å². The second kappa shape index (κ2) is 13.6. The molecule has 1 saturated heterocycles. The van der Waals surface area contributed by atoms with Crippen LogP contribution in [0.2, 0.25) is 0 Å². The van der Waals surface area contributed by atoms with E-state index in [0.29, 0.717) is 23.0 Å². The third-order valence-corrected chi connectivity index (χ3v) is 6.87. The monoisotopic (exact) mass is 565 g/mol. The lowest BCUT2D eigenvalue weighted by atomic mass is 10.1. The minimum absolute atomic E-state index is 0. The van der Waals surface area contributed by atoms with Crippen LogP contribution < -0.4 is 15.4 Å². The Balaban J connectivity index is 0.00000480. The number of sulfonamides is 1. The Morgan fingerprint density at radius 3 is 2.32 bits per heavy atom. The normalized spacial score (nSPS) is 16.3. The van der Waals surface area contributed by atoms with Crippen LogP contribution in [0.3, 0.4) is 0 Å². The Kier molecular flexibility index (Phi) is 12.3. The van der Waals surface area contributed by atoms with Gasteiger partial charge in [0.05, 0.1) is 4.90 Å². The zero-order valence-corrected chi connectivity index (χ0v) is 22.6. The number of rotatable bonds is 8. The van der Waals surface area contributed by atoms with E-state index in [1.165, 1.54) is 38.8 Å². The van der Waals surface area contributed by atoms with Crippen molar-refractivity contribution in [3.63, 3.8) is 0 Å². The summed E-state index contributed by atoms with van der Waals surface area (Å²) >= 11 is 0. The standard InChI is InChI=1S/C22H39N5O2S.HI/c1-22(2,3)26-30(28,29)20-13-8-7-12-19(20)18-25-21(23-4)24-14-11-17-27-15-9-5-6-10-16-27;/h7-8,12-13,26H,5-6,9-11,14-18H2,1-4H3,(H2,23,24,25);1H. The van der Waals surface area contributed by atoms with Crippen LogP contribution in [0.25, 0.3) is 0 Å². The van der Waals surface area contributed by atoms with Gasteiger partial charge in [0.1, 0.15) is 0 Å². The summed E-state index contributed by atoms with van der Waals surface area (Å²) in [7, 11) is -1.87. The maximum atomic E-state index is 12.8. The number of likely N-dealkylation sites (tertiary alicyclic amines) is 1. The van der Waals surface area contributed by atoms with Crippen LogP contribution in [0.15, 0.2) is 34.2 Å². The van der Waals surface area contributed by atoms with Gasteiger partial charge >= 0.3 is 0 Å². The van der Waals surface area contributed by atoms with Crippen LogP contribution in [0, 0.1) is 0 Å². The summed E-state index contributed by atoms with van der Waals surface area (Å²) in [5, 5.41) is 6.58. The Labute approximate surface area is 205 Å². The lowest BCUT2D eigenvalue weighted by Gasteiger charge is -2.22. The number of nitrogens with zero attached hydrogens (tertiary/aromatic N) is 2. The van der Waals surface area contributed by atoms with E-state index in [0.717, 1.165) is 19.5 Å². The average molecular weight is 566 g/mol. The van der Waals surface area contributed by atoms with Gasteiger partial charge in [-0.05, 0) is 71.3 Å². The van der Waals surface area contributed by atoms with Crippen molar-refractivity contribution in [3.8, 4) is 0 Å². The summed E-state index contributed by atoms with van der Waals surface area (Å²) in [4.78, 5) is 7.11. The molecule has 0 aliphatic carbocycles. The first-order chi connectivity index (χ1) is 14.2. The van der Waals surface area contributed by atoms with Crippen molar-refractivity contribution in [2.45, 2.75) is 69.9 Å². The minimum atomic E-state index is -3.60. The first-order valence-electron chi connectivity index (χ1n) is 11.0. The van der Waals surface area contributed by atoms with E-state index >= 15 is 0 Å². The largest absolute Gasteiger partial charge is 0.356 e. The SMILES string of the molecule is CN=C(NCCCN1CCCCCC1)NCc1ccccc1S(=O)(=O)NC(C)(C)C.I. The molecule has 2 rings (SSSR count). The van der Waals surface area contributed by atoms with Crippen molar-refractivity contribution in [2.75, 3.05) is 33.2 Å². The highest BCUT2D eigenvalue weighted by atomic mass is 127. The van der Waals surface area contributed by atoms with Crippen molar-refractivity contribution in [1.29, 1.82) is 0 Å². The Bertz CT molecular complexity index is 785. The lowest BCUT2D eigenvalue weighted by Crippen LogP contribution is -2.41. The van der Waals surface area contributed by atoms with E-state index in [9.17, 15) is 8.42 Å². The van der Waals surface area contributed by atoms with Gasteiger partial charge in [0.25, 0.3) is 0 Å².